The quantitative estimate of drug-likeness (QED) is 0.00639. The van der Waals surface area contributed by atoms with Gasteiger partial charge in [-0.25, -0.2) is 37.6 Å². The average Bonchev–Trinajstić information content (AvgIpc) is 0.748. The van der Waals surface area contributed by atoms with E-state index in [1.165, 1.54) is 84.5 Å². The molecule has 103 heavy (non-hydrogen) atoms. The van der Waals surface area contributed by atoms with E-state index in [4.69, 9.17) is 56.7 Å². The van der Waals surface area contributed by atoms with E-state index < -0.39 is 94.8 Å². The fraction of sp³-hybridized carbons (Fsp3) is 0. The molecule has 1 atom stereocenters. The number of hydrogen-bond acceptors (Lipinski definition) is 27. The van der Waals surface area contributed by atoms with Crippen LogP contribution in [0, 0.1) is 61.3 Å². The van der Waals surface area contributed by atoms with E-state index in [0.717, 1.165) is 15.7 Å². The first-order valence-electron chi connectivity index (χ1n) is 25.5. The van der Waals surface area contributed by atoms with E-state index in [0.29, 0.717) is 34.2 Å². The molecule has 1 unspecified atom stereocenters. The van der Waals surface area contributed by atoms with Gasteiger partial charge in [0.1, 0.15) is 0 Å². The van der Waals surface area contributed by atoms with E-state index in [1.807, 2.05) is 73.8 Å². The zero-order valence-electron chi connectivity index (χ0n) is 49.4. The Morgan fingerprint density at radius 2 is 0.806 bits per heavy atom. The fourth-order valence-electron chi connectivity index (χ4n) is 7.60. The first-order valence-corrected chi connectivity index (χ1v) is 36.1. The highest BCUT2D eigenvalue weighted by Crippen LogP contribution is 2.35. The molecule has 0 aromatic heterocycles. The van der Waals surface area contributed by atoms with Crippen molar-refractivity contribution in [1.82, 2.24) is 5.64 Å². The number of carbonyl (C=O) groups excluding carboxylic acids is 4. The molecule has 0 bridgehead atoms. The second kappa shape index (κ2) is 45.8. The lowest BCUT2D eigenvalue weighted by molar-refractivity contribution is -0.647. The van der Waals surface area contributed by atoms with Crippen LogP contribution in [0.2, 0.25) is 0 Å². The van der Waals surface area contributed by atoms with E-state index in [2.05, 4.69) is 66.8 Å². The molecule has 1 heterocycles. The third-order valence-corrected chi connectivity index (χ3v) is 15.0. The first kappa shape index (κ1) is 90.8. The second-order valence-corrected chi connectivity index (χ2v) is 27.3. The number of nitrogens with zero attached hydrogens (tertiary/aromatic N) is 5. The fourth-order valence-corrected chi connectivity index (χ4v) is 9.93. The molecule has 544 valence electrons. The number of ether oxygens (including phenoxy) is 1. The molecule has 36 nitrogen and oxygen atoms in total. The molecular weight excluding hydrogens is 1910 g/mol. The van der Waals surface area contributed by atoms with Gasteiger partial charge in [-0.2, -0.15) is 4.21 Å². The number of carboxylic acids is 3. The lowest BCUT2D eigenvalue weighted by Crippen LogP contribution is -2.19. The van der Waals surface area contributed by atoms with Gasteiger partial charge in [0.25, 0.3) is 38.9 Å². The van der Waals surface area contributed by atoms with Gasteiger partial charge in [0.05, 0.1) is 74.2 Å². The van der Waals surface area contributed by atoms with E-state index in [-0.39, 0.29) is 72.6 Å². The second-order valence-electron chi connectivity index (χ2n) is 17.4. The van der Waals surface area contributed by atoms with Crippen LogP contribution in [0.4, 0.5) is 28.4 Å². The third kappa shape index (κ3) is 30.2. The molecule has 0 aliphatic carbocycles. The summed E-state index contributed by atoms with van der Waals surface area (Å²) in [6.07, 6.45) is 0. The summed E-state index contributed by atoms with van der Waals surface area (Å²) >= 11 is 13.8. The number of non-ortho nitro benzene ring substituents is 5. The van der Waals surface area contributed by atoms with Crippen molar-refractivity contribution < 1.29 is 120 Å². The lowest BCUT2D eigenvalue weighted by Gasteiger charge is -2.14. The molecule has 10 rings (SSSR count). The number of nitro groups is 5. The summed E-state index contributed by atoms with van der Waals surface area (Å²) in [5, 5.41) is 93.6. The number of hydrogen-bond donors (Lipinski definition) is 6. The minimum atomic E-state index is -2.52. The van der Waals surface area contributed by atoms with E-state index in [1.54, 1.807) is 66.7 Å². The van der Waals surface area contributed by atoms with Gasteiger partial charge in [-0.15, -0.1) is 4.28 Å². The van der Waals surface area contributed by atoms with Gasteiger partial charge < -0.3 is 20.1 Å². The molecule has 0 saturated carbocycles. The van der Waals surface area contributed by atoms with Crippen molar-refractivity contribution in [2.45, 2.75) is 0 Å². The molecule has 0 amide bonds. The molecule has 0 fully saturated rings. The minimum Gasteiger partial charge on any atom is -0.478 e. The number of nitrogens with one attached hydrogen (secondary N) is 1. The van der Waals surface area contributed by atoms with Gasteiger partial charge in [-0.05, 0) is 173 Å². The standard InChI is InChI=1S/C12H5NO5.C11H6ClNO3.C11H7NO4.C7H3ClINO3.C7H4INO4.C7H5IO2.2Cl2OS.H3NO7S/c14-11-7-3-1-2-6-9(13(16)17)5-4-8(10(6)7)12(15)18-11;12-11(14)9-5-6-10(13(15)16)8-4-2-1-3-7(8)9;13-11(14)9-5-6-10(12(15)16)8-4-2-1-3-7(8)9;8-7(11)5-3-4(10(12)13)1-2-6(5)9;8-6-2-1-4(9(12)13)3-5(6)7(10)11;8-6-4-2-1-3-5(6)7(9)10;2*1-4(2)3;2-7-8-5-1-6-9(3)4/h1-5H;1-6H;1-6H,(H,13,14);1-3H;1-3H,(H,10,11);1-4H,(H,9,10);;;1-2H,(H,3,4). The van der Waals surface area contributed by atoms with Gasteiger partial charge in [0.2, 0.25) is 18.5 Å². The van der Waals surface area contributed by atoms with Gasteiger partial charge in [-0.3, -0.25) is 64.7 Å². The van der Waals surface area contributed by atoms with Crippen LogP contribution in [0.1, 0.15) is 72.5 Å². The van der Waals surface area contributed by atoms with Crippen LogP contribution in [-0.2, 0) is 53.9 Å². The highest BCUT2D eigenvalue weighted by atomic mass is 127. The lowest BCUT2D eigenvalue weighted by atomic mass is 9.96. The number of halogens is 9. The molecule has 0 spiro atoms. The molecule has 6 N–H and O–H groups in total. The Bertz CT molecular complexity index is 4480. The van der Waals surface area contributed by atoms with Crippen molar-refractivity contribution in [3.63, 3.8) is 0 Å². The molecule has 9 aromatic carbocycles. The number of benzene rings is 9. The third-order valence-electron chi connectivity index (χ3n) is 11.5. The first-order chi connectivity index (χ1) is 48.3. The Morgan fingerprint density at radius 1 is 0.447 bits per heavy atom. The largest absolute Gasteiger partial charge is 0.478 e. The number of aromatic carboxylic acids is 3. The van der Waals surface area contributed by atoms with E-state index in [9.17, 15) is 88.3 Å². The smallest absolute Gasteiger partial charge is 0.346 e. The van der Waals surface area contributed by atoms with Gasteiger partial charge in [0.15, 0.2) is 0 Å². The summed E-state index contributed by atoms with van der Waals surface area (Å²) in [5.41, 5.74) is 1.91. The monoisotopic (exact) mass is 1940 g/mol. The van der Waals surface area contributed by atoms with Crippen LogP contribution in [0.15, 0.2) is 164 Å². The Labute approximate surface area is 648 Å². The summed E-state index contributed by atoms with van der Waals surface area (Å²) in [7, 11) is 14.7. The van der Waals surface area contributed by atoms with Crippen molar-refractivity contribution in [2.75, 3.05) is 0 Å². The summed E-state index contributed by atoms with van der Waals surface area (Å²) in [6, 6.07) is 39.7. The van der Waals surface area contributed by atoms with Gasteiger partial charge in [0, 0.05) is 118 Å². The number of nitro benzene ring substituents is 5. The maximum absolute atomic E-state index is 11.6. The predicted molar refractivity (Wildman–Crippen MR) is 394 cm³/mol. The average molecular weight is 1950 g/mol. The van der Waals surface area contributed by atoms with Gasteiger partial charge in [-0.1, -0.05) is 59.6 Å². The van der Waals surface area contributed by atoms with Crippen molar-refractivity contribution >= 4 is 265 Å². The number of esters is 2. The normalized spacial score (nSPS) is 10.8. The van der Waals surface area contributed by atoms with Crippen LogP contribution in [0.25, 0.3) is 32.3 Å². The van der Waals surface area contributed by atoms with Crippen molar-refractivity contribution in [2.24, 2.45) is 0 Å². The summed E-state index contributed by atoms with van der Waals surface area (Å²) in [6.45, 7) is 0. The van der Waals surface area contributed by atoms with Crippen LogP contribution in [-0.4, -0.2) is 103 Å². The Hall–Kier alpha value is -8.25. The molecule has 0 radical (unpaired) electrons. The predicted octanol–water partition coefficient (Wildman–Crippen LogP) is 15.1. The molecule has 1 aliphatic rings. The summed E-state index contributed by atoms with van der Waals surface area (Å²) < 4.78 is 45.5. The molecule has 48 heteroatoms. The number of fused-ring (bicyclic) bond motifs is 2. The zero-order valence-corrected chi connectivity index (χ0v) is 62.9. The van der Waals surface area contributed by atoms with Crippen LogP contribution < -0.4 is 5.64 Å². The zero-order chi connectivity index (χ0) is 78.1. The van der Waals surface area contributed by atoms with E-state index >= 15 is 0 Å². The molecule has 1 aliphatic heterocycles. The Kier molecular flexibility index (Phi) is 40.4. The number of carbonyl (C=O) groups is 7. The molecule has 0 saturated heterocycles. The van der Waals surface area contributed by atoms with Crippen molar-refractivity contribution in [1.29, 1.82) is 0 Å². The SMILES string of the molecule is O=C(Cl)c1cc([N+](=O)[O-])ccc1I.O=C(Cl)c1ccc([N+](=O)[O-])c2ccccc12.O=C(O)c1cc([N+](=O)[O-])ccc1I.O=C(O)c1ccc([N+](=O)[O-])c2ccccc12.O=C(O)c1ccccc1I.O=C1OC(=O)c2ccc([N+](=O)[O-])c3cccc1c23.O=S(Cl)Cl.O=S(Cl)Cl.O=S(O)ONOOOO. The minimum absolute atomic E-state index is 0.0303. The van der Waals surface area contributed by atoms with Crippen LogP contribution >= 0.6 is 134 Å². The van der Waals surface area contributed by atoms with Crippen LogP contribution in [0.3, 0.4) is 0 Å². The number of rotatable bonds is 15. The van der Waals surface area contributed by atoms with Crippen molar-refractivity contribution in [3.05, 3.63) is 264 Å². The highest BCUT2D eigenvalue weighted by Gasteiger charge is 2.30. The number of cyclic esters (lactones) is 2. The molecular formula is C55H33Cl6I3N6O30S3. The molecule has 9 aromatic rings. The summed E-state index contributed by atoms with van der Waals surface area (Å²) in [5.74, 6) is -4.68. The topological polar surface area (TPSA) is 546 Å². The Balaban J connectivity index is 0.000000405. The Morgan fingerprint density at radius 3 is 1.20 bits per heavy atom. The maximum Gasteiger partial charge on any atom is 0.346 e. The van der Waals surface area contributed by atoms with Crippen molar-refractivity contribution in [3.8, 4) is 0 Å². The maximum atomic E-state index is 11.6. The number of carboxylic acid groups (broad SMARTS) is 3. The summed E-state index contributed by atoms with van der Waals surface area (Å²) in [4.78, 5) is 131. The van der Waals surface area contributed by atoms with Crippen LogP contribution in [0.5, 0.6) is 0 Å². The van der Waals surface area contributed by atoms with Gasteiger partial charge >= 0.3 is 41.2 Å². The highest BCUT2D eigenvalue weighted by molar-refractivity contribution is 14.1.